The quantitative estimate of drug-likeness (QED) is 0.618. The first kappa shape index (κ1) is 15.5. The normalized spacial score (nSPS) is 30.0. The highest BCUT2D eigenvalue weighted by molar-refractivity contribution is 7.92. The predicted octanol–water partition coefficient (Wildman–Crippen LogP) is 3.03. The van der Waals surface area contributed by atoms with Crippen molar-refractivity contribution in [2.24, 2.45) is 5.92 Å². The van der Waals surface area contributed by atoms with Gasteiger partial charge in [0.1, 0.15) is 0 Å². The fourth-order valence-corrected chi connectivity index (χ4v) is 6.09. The third-order valence-corrected chi connectivity index (χ3v) is 7.46. The summed E-state index contributed by atoms with van der Waals surface area (Å²) in [5.74, 6) is -5.81. The zero-order chi connectivity index (χ0) is 16.1. The standard InChI is InChI=1S/C15H15F3O3S/c16-12-5-4-11(13(17)14(12)18)15(19)8-6-9-2-1-3-10(7-8)22(9,20)21/h4-5,8-10H,1-3,6-7H2. The van der Waals surface area contributed by atoms with Crippen molar-refractivity contribution in [3.8, 4) is 0 Å². The van der Waals surface area contributed by atoms with Gasteiger partial charge in [0.2, 0.25) is 0 Å². The smallest absolute Gasteiger partial charge is 0.195 e. The average Bonchev–Trinajstić information content (AvgIpc) is 2.43. The van der Waals surface area contributed by atoms with Gasteiger partial charge in [-0.05, 0) is 37.8 Å². The van der Waals surface area contributed by atoms with E-state index in [0.29, 0.717) is 18.9 Å². The Hall–Kier alpha value is -1.37. The molecule has 2 aliphatic rings. The minimum atomic E-state index is -3.22. The fourth-order valence-electron chi connectivity index (χ4n) is 3.56. The van der Waals surface area contributed by atoms with Crippen molar-refractivity contribution in [3.63, 3.8) is 0 Å². The molecule has 2 unspecified atom stereocenters. The molecule has 2 heterocycles. The maximum Gasteiger partial charge on any atom is 0.195 e. The summed E-state index contributed by atoms with van der Waals surface area (Å²) >= 11 is 0. The largest absolute Gasteiger partial charge is 0.294 e. The number of hydrogen-bond acceptors (Lipinski definition) is 3. The van der Waals surface area contributed by atoms with Gasteiger partial charge in [-0.15, -0.1) is 0 Å². The molecule has 0 radical (unpaired) electrons. The third-order valence-electron chi connectivity index (χ3n) is 4.75. The van der Waals surface area contributed by atoms with Gasteiger partial charge in [-0.1, -0.05) is 6.42 Å². The van der Waals surface area contributed by atoms with E-state index in [1.165, 1.54) is 0 Å². The van der Waals surface area contributed by atoms with E-state index in [1.54, 1.807) is 0 Å². The van der Waals surface area contributed by atoms with Crippen molar-refractivity contribution in [1.29, 1.82) is 0 Å². The van der Waals surface area contributed by atoms with Crippen LogP contribution in [0.5, 0.6) is 0 Å². The lowest BCUT2D eigenvalue weighted by Gasteiger charge is -2.38. The van der Waals surface area contributed by atoms with E-state index >= 15 is 0 Å². The Labute approximate surface area is 126 Å². The zero-order valence-corrected chi connectivity index (χ0v) is 12.5. The van der Waals surface area contributed by atoms with Crippen molar-refractivity contribution in [2.75, 3.05) is 0 Å². The number of halogens is 3. The Morgan fingerprint density at radius 1 is 1.00 bits per heavy atom. The molecule has 2 atom stereocenters. The first-order valence-electron chi connectivity index (χ1n) is 7.22. The highest BCUT2D eigenvalue weighted by Crippen LogP contribution is 2.40. The van der Waals surface area contributed by atoms with Crippen molar-refractivity contribution < 1.29 is 26.4 Å². The number of sulfone groups is 1. The van der Waals surface area contributed by atoms with Gasteiger partial charge in [-0.2, -0.15) is 0 Å². The Morgan fingerprint density at radius 3 is 2.18 bits per heavy atom. The lowest BCUT2D eigenvalue weighted by Crippen LogP contribution is -2.45. The van der Waals surface area contributed by atoms with E-state index in [2.05, 4.69) is 0 Å². The summed E-state index contributed by atoms with van der Waals surface area (Å²) in [4.78, 5) is 12.4. The Kier molecular flexibility index (Phi) is 3.79. The molecule has 3 nitrogen and oxygen atoms in total. The van der Waals surface area contributed by atoms with Crippen LogP contribution in [0, 0.1) is 23.4 Å². The fraction of sp³-hybridized carbons (Fsp3) is 0.533. The molecule has 22 heavy (non-hydrogen) atoms. The Balaban J connectivity index is 1.90. The first-order chi connectivity index (χ1) is 10.3. The van der Waals surface area contributed by atoms with Crippen LogP contribution < -0.4 is 0 Å². The molecule has 7 heteroatoms. The van der Waals surface area contributed by atoms with Crippen LogP contribution in [-0.2, 0) is 9.84 Å². The predicted molar refractivity (Wildman–Crippen MR) is 73.7 cm³/mol. The van der Waals surface area contributed by atoms with Gasteiger partial charge >= 0.3 is 0 Å². The Bertz CT molecular complexity index is 710. The monoisotopic (exact) mass is 332 g/mol. The summed E-state index contributed by atoms with van der Waals surface area (Å²) in [5.41, 5.74) is -0.499. The molecule has 1 aromatic rings. The maximum absolute atomic E-state index is 13.8. The van der Waals surface area contributed by atoms with Crippen LogP contribution in [0.4, 0.5) is 13.2 Å². The molecule has 0 aliphatic carbocycles. The molecule has 1 aromatic carbocycles. The molecular formula is C15H15F3O3S. The number of fused-ring (bicyclic) bond motifs is 2. The summed E-state index contributed by atoms with van der Waals surface area (Å²) in [7, 11) is -3.22. The van der Waals surface area contributed by atoms with Gasteiger partial charge in [-0.25, -0.2) is 21.6 Å². The molecule has 2 fully saturated rings. The second-order valence-electron chi connectivity index (χ2n) is 6.02. The number of benzene rings is 1. The van der Waals surface area contributed by atoms with E-state index in [4.69, 9.17) is 0 Å². The van der Waals surface area contributed by atoms with Gasteiger partial charge < -0.3 is 0 Å². The maximum atomic E-state index is 13.8. The van der Waals surface area contributed by atoms with Crippen LogP contribution in [0.2, 0.25) is 0 Å². The molecule has 0 N–H and O–H groups in total. The van der Waals surface area contributed by atoms with Crippen molar-refractivity contribution in [1.82, 2.24) is 0 Å². The lowest BCUT2D eigenvalue weighted by molar-refractivity contribution is 0.0888. The van der Waals surface area contributed by atoms with E-state index < -0.39 is 55.1 Å². The summed E-state index contributed by atoms with van der Waals surface area (Å²) in [5, 5.41) is -1.16. The minimum absolute atomic E-state index is 0.135. The first-order valence-corrected chi connectivity index (χ1v) is 8.83. The van der Waals surface area contributed by atoms with Crippen LogP contribution >= 0.6 is 0 Å². The van der Waals surface area contributed by atoms with Crippen LogP contribution in [0.1, 0.15) is 42.5 Å². The highest BCUT2D eigenvalue weighted by Gasteiger charge is 2.46. The molecule has 2 aliphatic heterocycles. The van der Waals surface area contributed by atoms with Crippen LogP contribution in [0.15, 0.2) is 12.1 Å². The highest BCUT2D eigenvalue weighted by atomic mass is 32.2. The Morgan fingerprint density at radius 2 is 1.59 bits per heavy atom. The van der Waals surface area contributed by atoms with E-state index in [9.17, 15) is 26.4 Å². The van der Waals surface area contributed by atoms with E-state index in [1.807, 2.05) is 0 Å². The van der Waals surface area contributed by atoms with Gasteiger partial charge in [0.05, 0.1) is 16.1 Å². The SMILES string of the molecule is O=C(c1ccc(F)c(F)c1F)C1CC2CCCC(C1)S2(=O)=O. The molecule has 120 valence electrons. The van der Waals surface area contributed by atoms with Crippen LogP contribution in [0.25, 0.3) is 0 Å². The van der Waals surface area contributed by atoms with Gasteiger partial charge in [-0.3, -0.25) is 4.79 Å². The van der Waals surface area contributed by atoms with Gasteiger partial charge in [0.25, 0.3) is 0 Å². The number of ketones is 1. The van der Waals surface area contributed by atoms with Gasteiger partial charge in [0, 0.05) is 5.92 Å². The molecule has 0 amide bonds. The summed E-state index contributed by atoms with van der Waals surface area (Å²) in [6.45, 7) is 0. The van der Waals surface area contributed by atoms with Gasteiger partial charge in [0.15, 0.2) is 33.1 Å². The second-order valence-corrected chi connectivity index (χ2v) is 8.53. The van der Waals surface area contributed by atoms with Crippen LogP contribution in [-0.4, -0.2) is 24.7 Å². The zero-order valence-electron chi connectivity index (χ0n) is 11.7. The number of Topliss-reactive ketones (excluding diaryl/α,β-unsaturated/α-hetero) is 1. The molecule has 0 saturated carbocycles. The number of rotatable bonds is 2. The molecule has 3 rings (SSSR count). The summed E-state index contributed by atoms with van der Waals surface area (Å²) in [6, 6.07) is 1.64. The third kappa shape index (κ3) is 2.35. The second kappa shape index (κ2) is 5.37. The minimum Gasteiger partial charge on any atom is -0.294 e. The van der Waals surface area contributed by atoms with Crippen molar-refractivity contribution in [3.05, 3.63) is 35.1 Å². The molecule has 0 aromatic heterocycles. The summed E-state index contributed by atoms with van der Waals surface area (Å²) < 4.78 is 64.3. The number of hydrogen-bond donors (Lipinski definition) is 0. The number of carbonyl (C=O) groups excluding carboxylic acids is 1. The molecular weight excluding hydrogens is 317 g/mol. The average molecular weight is 332 g/mol. The van der Waals surface area contributed by atoms with E-state index in [0.717, 1.165) is 12.5 Å². The lowest BCUT2D eigenvalue weighted by atomic mass is 9.84. The number of carbonyl (C=O) groups is 1. The molecule has 2 saturated heterocycles. The molecule has 0 spiro atoms. The van der Waals surface area contributed by atoms with Crippen molar-refractivity contribution in [2.45, 2.75) is 42.6 Å². The van der Waals surface area contributed by atoms with Crippen LogP contribution in [0.3, 0.4) is 0 Å². The van der Waals surface area contributed by atoms with Crippen molar-refractivity contribution >= 4 is 15.6 Å². The summed E-state index contributed by atoms with van der Waals surface area (Å²) in [6.07, 6.45) is 2.08. The topological polar surface area (TPSA) is 51.2 Å². The van der Waals surface area contributed by atoms with E-state index in [-0.39, 0.29) is 12.8 Å². The molecule has 2 bridgehead atoms.